The van der Waals surface area contributed by atoms with E-state index < -0.39 is 0 Å². The average molecular weight is 406 g/mol. The summed E-state index contributed by atoms with van der Waals surface area (Å²) in [4.78, 5) is 21.2. The van der Waals surface area contributed by atoms with Gasteiger partial charge in [-0.15, -0.1) is 11.3 Å². The largest absolute Gasteiger partial charge is 0.369 e. The van der Waals surface area contributed by atoms with Gasteiger partial charge in [0.05, 0.1) is 4.88 Å². The Balaban J connectivity index is 1.22. The highest BCUT2D eigenvalue weighted by Crippen LogP contribution is 2.28. The fourth-order valence-corrected chi connectivity index (χ4v) is 5.70. The second kappa shape index (κ2) is 8.17. The number of amides is 1. The van der Waals surface area contributed by atoms with Gasteiger partial charge in [-0.25, -0.2) is 0 Å². The first-order chi connectivity index (χ1) is 14.3. The molecular weight excluding hydrogens is 378 g/mol. The van der Waals surface area contributed by atoms with Crippen LogP contribution >= 0.6 is 11.3 Å². The number of anilines is 1. The summed E-state index contributed by atoms with van der Waals surface area (Å²) in [7, 11) is 0. The molecule has 1 unspecified atom stereocenters. The molecule has 0 bridgehead atoms. The van der Waals surface area contributed by atoms with Gasteiger partial charge in [-0.3, -0.25) is 9.69 Å². The Morgan fingerprint density at radius 1 is 0.897 bits per heavy atom. The van der Waals surface area contributed by atoms with Crippen molar-refractivity contribution in [3.8, 4) is 0 Å². The van der Waals surface area contributed by atoms with E-state index in [1.54, 1.807) is 11.3 Å². The molecule has 4 nitrogen and oxygen atoms in total. The van der Waals surface area contributed by atoms with Crippen LogP contribution in [-0.4, -0.2) is 61.0 Å². The van der Waals surface area contributed by atoms with Crippen molar-refractivity contribution in [2.45, 2.75) is 18.9 Å². The molecule has 0 saturated carbocycles. The maximum atomic E-state index is 13.1. The average Bonchev–Trinajstić information content (AvgIpc) is 3.24. The molecule has 2 aliphatic rings. The molecule has 2 aromatic carbocycles. The van der Waals surface area contributed by atoms with E-state index >= 15 is 0 Å². The monoisotopic (exact) mass is 405 g/mol. The second-order valence-electron chi connectivity index (χ2n) is 8.05. The minimum atomic E-state index is 0.207. The standard InChI is InChI=1S/C24H27N3OS/c28-24(23-17-19-7-4-5-11-22(19)29-23)27-12-6-10-21(18-27)26-15-13-25(14-16-26)20-8-2-1-3-9-20/h1-5,7-9,11,17,21H,6,10,12-16,18H2. The third-order valence-electron chi connectivity index (χ3n) is 6.27. The first-order valence-corrected chi connectivity index (χ1v) is 11.4. The van der Waals surface area contributed by atoms with Crippen LogP contribution in [-0.2, 0) is 0 Å². The van der Waals surface area contributed by atoms with Crippen LogP contribution in [0.1, 0.15) is 22.5 Å². The van der Waals surface area contributed by atoms with Gasteiger partial charge in [0.2, 0.25) is 0 Å². The fraction of sp³-hybridized carbons (Fsp3) is 0.375. The Morgan fingerprint density at radius 2 is 1.66 bits per heavy atom. The molecule has 3 aromatic rings. The molecule has 2 saturated heterocycles. The molecule has 0 N–H and O–H groups in total. The number of benzene rings is 2. The second-order valence-corrected chi connectivity index (χ2v) is 9.14. The summed E-state index contributed by atoms with van der Waals surface area (Å²) in [5.41, 5.74) is 1.32. The maximum absolute atomic E-state index is 13.1. The highest BCUT2D eigenvalue weighted by molar-refractivity contribution is 7.20. The number of hydrogen-bond acceptors (Lipinski definition) is 4. The van der Waals surface area contributed by atoms with Crippen LogP contribution in [0.2, 0.25) is 0 Å². The zero-order valence-electron chi connectivity index (χ0n) is 16.7. The van der Waals surface area contributed by atoms with Gasteiger partial charge in [0, 0.05) is 55.7 Å². The minimum Gasteiger partial charge on any atom is -0.369 e. The quantitative estimate of drug-likeness (QED) is 0.649. The number of carbonyl (C=O) groups excluding carboxylic acids is 1. The van der Waals surface area contributed by atoms with Gasteiger partial charge < -0.3 is 9.80 Å². The Hall–Kier alpha value is -2.37. The summed E-state index contributed by atoms with van der Waals surface area (Å²) in [6, 6.07) is 21.5. The molecule has 29 heavy (non-hydrogen) atoms. The number of piperidine rings is 1. The topological polar surface area (TPSA) is 26.8 Å². The highest BCUT2D eigenvalue weighted by atomic mass is 32.1. The lowest BCUT2D eigenvalue weighted by Gasteiger charge is -2.43. The molecule has 0 radical (unpaired) electrons. The number of para-hydroxylation sites is 1. The Morgan fingerprint density at radius 3 is 2.45 bits per heavy atom. The molecule has 150 valence electrons. The Bertz CT molecular complexity index is 945. The van der Waals surface area contributed by atoms with Crippen LogP contribution in [0.3, 0.4) is 0 Å². The van der Waals surface area contributed by atoms with Gasteiger partial charge >= 0.3 is 0 Å². The van der Waals surface area contributed by atoms with E-state index in [0.29, 0.717) is 6.04 Å². The number of carbonyl (C=O) groups is 1. The van der Waals surface area contributed by atoms with Crippen LogP contribution in [0.25, 0.3) is 10.1 Å². The van der Waals surface area contributed by atoms with Crippen LogP contribution in [0, 0.1) is 0 Å². The number of rotatable bonds is 3. The smallest absolute Gasteiger partial charge is 0.264 e. The summed E-state index contributed by atoms with van der Waals surface area (Å²) in [5.74, 6) is 0.207. The van der Waals surface area contributed by atoms with E-state index in [2.05, 4.69) is 63.2 Å². The lowest BCUT2D eigenvalue weighted by molar-refractivity contribution is 0.0568. The van der Waals surface area contributed by atoms with E-state index in [0.717, 1.165) is 50.6 Å². The molecule has 5 heteroatoms. The van der Waals surface area contributed by atoms with Crippen molar-refractivity contribution in [2.24, 2.45) is 0 Å². The molecule has 1 atom stereocenters. The molecule has 3 heterocycles. The van der Waals surface area contributed by atoms with E-state index in [-0.39, 0.29) is 5.91 Å². The minimum absolute atomic E-state index is 0.207. The molecule has 1 amide bonds. The first-order valence-electron chi connectivity index (χ1n) is 10.6. The van der Waals surface area contributed by atoms with Crippen molar-refractivity contribution in [3.05, 3.63) is 65.5 Å². The predicted octanol–water partition coefficient (Wildman–Crippen LogP) is 4.33. The molecule has 0 aliphatic carbocycles. The lowest BCUT2D eigenvalue weighted by atomic mass is 10.0. The van der Waals surface area contributed by atoms with E-state index in [4.69, 9.17) is 0 Å². The number of hydrogen-bond donors (Lipinski definition) is 0. The van der Waals surface area contributed by atoms with Gasteiger partial charge in [-0.1, -0.05) is 36.4 Å². The summed E-state index contributed by atoms with van der Waals surface area (Å²) in [6.07, 6.45) is 2.29. The van der Waals surface area contributed by atoms with Gasteiger partial charge in [0.25, 0.3) is 5.91 Å². The zero-order chi connectivity index (χ0) is 19.6. The maximum Gasteiger partial charge on any atom is 0.264 e. The van der Waals surface area contributed by atoms with E-state index in [1.807, 2.05) is 12.1 Å². The summed E-state index contributed by atoms with van der Waals surface area (Å²) < 4.78 is 1.20. The normalized spacial score (nSPS) is 20.9. The van der Waals surface area contributed by atoms with Crippen molar-refractivity contribution in [1.29, 1.82) is 0 Å². The summed E-state index contributed by atoms with van der Waals surface area (Å²) >= 11 is 1.62. The molecule has 2 fully saturated rings. The lowest BCUT2D eigenvalue weighted by Crippen LogP contribution is -2.55. The van der Waals surface area contributed by atoms with Crippen molar-refractivity contribution in [2.75, 3.05) is 44.2 Å². The number of fused-ring (bicyclic) bond motifs is 1. The van der Waals surface area contributed by atoms with Gasteiger partial charge in [-0.05, 0) is 42.5 Å². The Kier molecular flexibility index (Phi) is 5.25. The predicted molar refractivity (Wildman–Crippen MR) is 121 cm³/mol. The van der Waals surface area contributed by atoms with Crippen LogP contribution < -0.4 is 4.90 Å². The highest BCUT2D eigenvalue weighted by Gasteiger charge is 2.30. The van der Waals surface area contributed by atoms with Crippen molar-refractivity contribution < 1.29 is 4.79 Å². The third kappa shape index (κ3) is 3.89. The van der Waals surface area contributed by atoms with Crippen molar-refractivity contribution in [3.63, 3.8) is 0 Å². The fourth-order valence-electron chi connectivity index (χ4n) is 4.66. The number of thiophene rings is 1. The van der Waals surface area contributed by atoms with Crippen LogP contribution in [0.4, 0.5) is 5.69 Å². The molecule has 0 spiro atoms. The zero-order valence-corrected chi connectivity index (χ0v) is 17.5. The summed E-state index contributed by atoms with van der Waals surface area (Å²) in [5, 5.41) is 1.17. The van der Waals surface area contributed by atoms with Crippen LogP contribution in [0.15, 0.2) is 60.7 Å². The van der Waals surface area contributed by atoms with E-state index in [9.17, 15) is 4.79 Å². The molecule has 1 aromatic heterocycles. The number of likely N-dealkylation sites (tertiary alicyclic amines) is 1. The first kappa shape index (κ1) is 18.6. The number of nitrogens with zero attached hydrogens (tertiary/aromatic N) is 3. The van der Waals surface area contributed by atoms with Crippen LogP contribution in [0.5, 0.6) is 0 Å². The van der Waals surface area contributed by atoms with Crippen molar-refractivity contribution in [1.82, 2.24) is 9.80 Å². The van der Waals surface area contributed by atoms with Gasteiger partial charge in [0.15, 0.2) is 0 Å². The molecule has 5 rings (SSSR count). The third-order valence-corrected chi connectivity index (χ3v) is 7.38. The summed E-state index contributed by atoms with van der Waals surface area (Å²) in [6.45, 7) is 6.01. The van der Waals surface area contributed by atoms with Gasteiger partial charge in [-0.2, -0.15) is 0 Å². The molecule has 2 aliphatic heterocycles. The van der Waals surface area contributed by atoms with Gasteiger partial charge in [0.1, 0.15) is 0 Å². The Labute approximate surface area is 176 Å². The van der Waals surface area contributed by atoms with Crippen molar-refractivity contribution >= 4 is 33.0 Å². The number of piperazine rings is 1. The SMILES string of the molecule is O=C(c1cc2ccccc2s1)N1CCCC(N2CCN(c3ccccc3)CC2)C1. The molecular formula is C24H27N3OS. The van der Waals surface area contributed by atoms with E-state index in [1.165, 1.54) is 22.2 Å².